The summed E-state index contributed by atoms with van der Waals surface area (Å²) in [6.45, 7) is 8.22. The number of aryl methyl sites for hydroxylation is 1. The van der Waals surface area contributed by atoms with Crippen LogP contribution in [0.1, 0.15) is 53.3 Å². The van der Waals surface area contributed by atoms with Crippen LogP contribution in [-0.2, 0) is 11.2 Å². The summed E-state index contributed by atoms with van der Waals surface area (Å²) in [5.41, 5.74) is 2.12. The van der Waals surface area contributed by atoms with Crippen molar-refractivity contribution >= 4 is 34.7 Å². The molecule has 158 valence electrons. The molecule has 2 aromatic heterocycles. The van der Waals surface area contributed by atoms with Gasteiger partial charge in [0.05, 0.1) is 0 Å². The lowest BCUT2D eigenvalue weighted by atomic mass is 10.0. The van der Waals surface area contributed by atoms with E-state index < -0.39 is 11.6 Å². The van der Waals surface area contributed by atoms with Gasteiger partial charge in [0.25, 0.3) is 5.91 Å². The van der Waals surface area contributed by atoms with Gasteiger partial charge in [-0.3, -0.25) is 9.59 Å². The maximum atomic E-state index is 13.4. The van der Waals surface area contributed by atoms with E-state index >= 15 is 0 Å². The Labute approximate surface area is 185 Å². The molecule has 0 spiro atoms. The molecule has 3 aromatic rings. The lowest BCUT2D eigenvalue weighted by molar-refractivity contribution is -0.127. The van der Waals surface area contributed by atoms with E-state index in [1.165, 1.54) is 11.3 Å². The van der Waals surface area contributed by atoms with E-state index in [1.807, 2.05) is 63.4 Å². The molecule has 0 unspecified atom stereocenters. The minimum Gasteiger partial charge on any atom is -0.349 e. The Kier molecular flexibility index (Phi) is 6.99. The van der Waals surface area contributed by atoms with Crippen molar-refractivity contribution in [3.63, 3.8) is 0 Å². The van der Waals surface area contributed by atoms with E-state index in [4.69, 9.17) is 0 Å². The second-order valence-electron chi connectivity index (χ2n) is 8.18. The summed E-state index contributed by atoms with van der Waals surface area (Å²) in [4.78, 5) is 29.1. The summed E-state index contributed by atoms with van der Waals surface area (Å²) < 4.78 is 3.83. The highest BCUT2D eigenvalue weighted by Gasteiger charge is 2.35. The Morgan fingerprint density at radius 1 is 1.20 bits per heavy atom. The molecule has 0 saturated carbocycles. The molecule has 30 heavy (non-hydrogen) atoms. The molecule has 1 atom stereocenters. The molecule has 0 aliphatic rings. The van der Waals surface area contributed by atoms with Gasteiger partial charge >= 0.3 is 0 Å². The molecule has 1 N–H and O–H groups in total. The largest absolute Gasteiger partial charge is 0.349 e. The zero-order valence-electron chi connectivity index (χ0n) is 17.6. The molecule has 0 saturated heterocycles. The van der Waals surface area contributed by atoms with Crippen LogP contribution in [0.15, 0.2) is 47.2 Å². The fourth-order valence-electron chi connectivity index (χ4n) is 3.18. The number of amides is 2. The molecule has 0 bridgehead atoms. The first-order valence-electron chi connectivity index (χ1n) is 9.73. The van der Waals surface area contributed by atoms with E-state index in [0.29, 0.717) is 13.0 Å². The minimum atomic E-state index is -0.733. The molecule has 2 amide bonds. The zero-order valence-corrected chi connectivity index (χ0v) is 19.2. The van der Waals surface area contributed by atoms with Crippen LogP contribution in [0, 0.1) is 6.92 Å². The van der Waals surface area contributed by atoms with Gasteiger partial charge in [-0.05, 0) is 62.7 Å². The summed E-state index contributed by atoms with van der Waals surface area (Å²) in [5.74, 6) is -0.496. The van der Waals surface area contributed by atoms with Crippen molar-refractivity contribution in [1.82, 2.24) is 19.8 Å². The number of nitrogens with zero attached hydrogens (tertiary/aromatic N) is 3. The third-order valence-corrected chi connectivity index (χ3v) is 5.86. The third kappa shape index (κ3) is 5.73. The van der Waals surface area contributed by atoms with Crippen molar-refractivity contribution < 1.29 is 9.59 Å². The lowest BCUT2D eigenvalue weighted by Crippen LogP contribution is -2.49. The average Bonchev–Trinajstić information content (AvgIpc) is 3.37. The number of hydrogen-bond acceptors (Lipinski definition) is 6. The second kappa shape index (κ2) is 9.49. The fourth-order valence-corrected chi connectivity index (χ4v) is 4.44. The van der Waals surface area contributed by atoms with E-state index in [9.17, 15) is 9.59 Å². The monoisotopic (exact) mass is 442 g/mol. The van der Waals surface area contributed by atoms with E-state index in [2.05, 4.69) is 21.0 Å². The standard InChI is InChI=1S/C22H26N4O2S2/c1-15-7-5-8-16(13-15)10-11-26(21(28)17-14-30-25-24-17)19(18-9-6-12-29-18)20(27)23-22(2,3)4/h5-9,12-14,19H,10-11H2,1-4H3,(H,23,27)/t19-/m1/s1. The molecule has 8 heteroatoms. The van der Waals surface area contributed by atoms with Crippen molar-refractivity contribution in [2.24, 2.45) is 0 Å². The number of carbonyl (C=O) groups is 2. The molecule has 3 rings (SSSR count). The Morgan fingerprint density at radius 3 is 2.60 bits per heavy atom. The highest BCUT2D eigenvalue weighted by atomic mass is 32.1. The molecular formula is C22H26N4O2S2. The topological polar surface area (TPSA) is 75.2 Å². The van der Waals surface area contributed by atoms with Crippen molar-refractivity contribution in [3.8, 4) is 0 Å². The van der Waals surface area contributed by atoms with E-state index in [-0.39, 0.29) is 17.5 Å². The van der Waals surface area contributed by atoms with Gasteiger partial charge in [0.1, 0.15) is 6.04 Å². The highest BCUT2D eigenvalue weighted by molar-refractivity contribution is 7.10. The quantitative estimate of drug-likeness (QED) is 0.594. The molecule has 0 radical (unpaired) electrons. The molecular weight excluding hydrogens is 416 g/mol. The van der Waals surface area contributed by atoms with Crippen LogP contribution in [0.25, 0.3) is 0 Å². The van der Waals surface area contributed by atoms with Crippen LogP contribution >= 0.6 is 22.9 Å². The Hall–Kier alpha value is -2.58. The molecule has 2 heterocycles. The number of aromatic nitrogens is 2. The first kappa shape index (κ1) is 22.1. The van der Waals surface area contributed by atoms with Crippen LogP contribution < -0.4 is 5.32 Å². The number of nitrogens with one attached hydrogen (secondary N) is 1. The van der Waals surface area contributed by atoms with Crippen molar-refractivity contribution in [2.75, 3.05) is 6.54 Å². The summed E-state index contributed by atoms with van der Waals surface area (Å²) in [6.07, 6.45) is 0.635. The minimum absolute atomic E-state index is 0.203. The Morgan fingerprint density at radius 2 is 2.00 bits per heavy atom. The average molecular weight is 443 g/mol. The predicted molar refractivity (Wildman–Crippen MR) is 121 cm³/mol. The summed E-state index contributed by atoms with van der Waals surface area (Å²) >= 11 is 2.59. The number of hydrogen-bond donors (Lipinski definition) is 1. The number of rotatable bonds is 7. The van der Waals surface area contributed by atoms with E-state index in [0.717, 1.165) is 27.5 Å². The predicted octanol–water partition coefficient (Wildman–Crippen LogP) is 4.25. The third-order valence-electron chi connectivity index (χ3n) is 4.43. The second-order valence-corrected chi connectivity index (χ2v) is 9.77. The SMILES string of the molecule is Cc1cccc(CCN(C(=O)c2csnn2)[C@@H](C(=O)NC(C)(C)C)c2cccs2)c1. The summed E-state index contributed by atoms with van der Waals surface area (Å²) in [6, 6.07) is 11.2. The van der Waals surface area contributed by atoms with Gasteiger partial charge in [-0.25, -0.2) is 0 Å². The number of carbonyl (C=O) groups excluding carboxylic acids is 2. The van der Waals surface area contributed by atoms with Gasteiger partial charge in [-0.1, -0.05) is 40.4 Å². The van der Waals surface area contributed by atoms with Gasteiger partial charge in [0.2, 0.25) is 5.91 Å². The van der Waals surface area contributed by atoms with Gasteiger partial charge in [-0.15, -0.1) is 16.4 Å². The van der Waals surface area contributed by atoms with Gasteiger partial charge in [0, 0.05) is 22.3 Å². The molecule has 1 aromatic carbocycles. The Bertz CT molecular complexity index is 979. The molecule has 6 nitrogen and oxygen atoms in total. The van der Waals surface area contributed by atoms with Gasteiger partial charge < -0.3 is 10.2 Å². The van der Waals surface area contributed by atoms with Gasteiger partial charge in [-0.2, -0.15) is 0 Å². The normalized spacial score (nSPS) is 12.4. The van der Waals surface area contributed by atoms with Crippen LogP contribution in [0.3, 0.4) is 0 Å². The summed E-state index contributed by atoms with van der Waals surface area (Å²) in [7, 11) is 0. The van der Waals surface area contributed by atoms with Crippen LogP contribution in [0.5, 0.6) is 0 Å². The van der Waals surface area contributed by atoms with Crippen molar-refractivity contribution in [2.45, 2.75) is 45.7 Å². The smallest absolute Gasteiger partial charge is 0.276 e. The Balaban J connectivity index is 1.95. The zero-order chi connectivity index (χ0) is 21.7. The van der Waals surface area contributed by atoms with Gasteiger partial charge in [0.15, 0.2) is 5.69 Å². The lowest BCUT2D eigenvalue weighted by Gasteiger charge is -2.32. The van der Waals surface area contributed by atoms with E-state index in [1.54, 1.807) is 10.3 Å². The fraction of sp³-hybridized carbons (Fsp3) is 0.364. The molecule has 0 fully saturated rings. The van der Waals surface area contributed by atoms with Crippen molar-refractivity contribution in [3.05, 3.63) is 68.9 Å². The molecule has 0 aliphatic carbocycles. The molecule has 0 aliphatic heterocycles. The number of thiophene rings is 1. The summed E-state index contributed by atoms with van der Waals surface area (Å²) in [5, 5.41) is 10.5. The van der Waals surface area contributed by atoms with Crippen LogP contribution in [-0.4, -0.2) is 38.4 Å². The first-order valence-corrected chi connectivity index (χ1v) is 11.5. The first-order chi connectivity index (χ1) is 14.2. The van der Waals surface area contributed by atoms with Crippen LogP contribution in [0.2, 0.25) is 0 Å². The van der Waals surface area contributed by atoms with Crippen molar-refractivity contribution in [1.29, 1.82) is 0 Å². The van der Waals surface area contributed by atoms with Crippen LogP contribution in [0.4, 0.5) is 0 Å². The maximum Gasteiger partial charge on any atom is 0.276 e. The highest BCUT2D eigenvalue weighted by Crippen LogP contribution is 2.28. The maximum absolute atomic E-state index is 13.4. The number of benzene rings is 1.